The normalized spacial score (nSPS) is 14.5. The van der Waals surface area contributed by atoms with E-state index in [2.05, 4.69) is 5.10 Å². The van der Waals surface area contributed by atoms with Crippen LogP contribution in [0.2, 0.25) is 0 Å². The van der Waals surface area contributed by atoms with Crippen LogP contribution in [-0.4, -0.2) is 51.1 Å². The van der Waals surface area contributed by atoms with Crippen molar-refractivity contribution in [3.63, 3.8) is 0 Å². The monoisotopic (exact) mass is 495 g/mol. The second kappa shape index (κ2) is 9.96. The molecule has 36 heavy (non-hydrogen) atoms. The van der Waals surface area contributed by atoms with Gasteiger partial charge in [0.1, 0.15) is 11.4 Å². The van der Waals surface area contributed by atoms with Gasteiger partial charge in [0.05, 0.1) is 18.5 Å². The third-order valence-corrected chi connectivity index (χ3v) is 6.06. The summed E-state index contributed by atoms with van der Waals surface area (Å²) in [5.41, 5.74) is 7.47. The molecule has 10 nitrogen and oxygen atoms in total. The van der Waals surface area contributed by atoms with Crippen molar-refractivity contribution in [2.75, 3.05) is 25.9 Å². The van der Waals surface area contributed by atoms with Crippen LogP contribution >= 0.6 is 0 Å². The molecule has 1 aliphatic rings. The highest BCUT2D eigenvalue weighted by Crippen LogP contribution is 2.33. The topological polar surface area (TPSA) is 114 Å². The Hall–Kier alpha value is -3.95. The highest BCUT2D eigenvalue weighted by molar-refractivity contribution is 5.68. The maximum Gasteiger partial charge on any atom is 0.410 e. The summed E-state index contributed by atoms with van der Waals surface area (Å²) in [6.07, 6.45) is 1.49. The minimum Gasteiger partial charge on any atom is -0.467 e. The number of methoxy groups -OCH3 is 1. The molecular formula is C26H33N5O5. The van der Waals surface area contributed by atoms with Gasteiger partial charge in [0.2, 0.25) is 0 Å². The van der Waals surface area contributed by atoms with E-state index in [0.29, 0.717) is 41.9 Å². The van der Waals surface area contributed by atoms with Crippen LogP contribution in [0.3, 0.4) is 0 Å². The Bertz CT molecular complexity index is 1280. The smallest absolute Gasteiger partial charge is 0.410 e. The Morgan fingerprint density at radius 1 is 1.08 bits per heavy atom. The van der Waals surface area contributed by atoms with Gasteiger partial charge in [-0.3, -0.25) is 0 Å². The molecule has 0 atom stereocenters. The summed E-state index contributed by atoms with van der Waals surface area (Å²) in [5.74, 6) is 1.40. The number of nitrogens with two attached hydrogens (primary N) is 1. The highest BCUT2D eigenvalue weighted by atomic mass is 16.6. The molecule has 1 aliphatic heterocycles. The zero-order valence-corrected chi connectivity index (χ0v) is 21.4. The molecule has 0 unspecified atom stereocenters. The lowest BCUT2D eigenvalue weighted by Gasteiger charge is -2.33. The van der Waals surface area contributed by atoms with Crippen molar-refractivity contribution in [3.8, 4) is 23.2 Å². The first-order valence-corrected chi connectivity index (χ1v) is 11.9. The Labute approximate surface area is 210 Å². The molecule has 0 spiro atoms. The molecule has 1 amide bonds. The second-order valence-electron chi connectivity index (χ2n) is 9.86. The number of aryl methyl sites for hydroxylation is 1. The number of hydrogen-bond donors (Lipinski definition) is 1. The minimum atomic E-state index is -0.493. The fourth-order valence-corrected chi connectivity index (χ4v) is 4.20. The SMILES string of the molecule is COc1nn(C)c(=O)n1-c1ccc(N)c(Oc2ccc(C3CCN(C(=O)OC(C)(C)C)CC3)cc2)c1. The molecule has 1 aromatic heterocycles. The van der Waals surface area contributed by atoms with Gasteiger partial charge in [-0.1, -0.05) is 12.1 Å². The Kier molecular flexibility index (Phi) is 6.96. The summed E-state index contributed by atoms with van der Waals surface area (Å²) in [6.45, 7) is 6.96. The number of piperidine rings is 1. The van der Waals surface area contributed by atoms with E-state index >= 15 is 0 Å². The first kappa shape index (κ1) is 25.2. The van der Waals surface area contributed by atoms with E-state index in [1.807, 2.05) is 45.0 Å². The summed E-state index contributed by atoms with van der Waals surface area (Å²) in [5, 5.41) is 4.07. The molecule has 0 saturated carbocycles. The van der Waals surface area contributed by atoms with E-state index in [9.17, 15) is 9.59 Å². The van der Waals surface area contributed by atoms with Crippen LogP contribution in [0.1, 0.15) is 45.1 Å². The number of likely N-dealkylation sites (tertiary alicyclic amines) is 1. The first-order chi connectivity index (χ1) is 17.1. The van der Waals surface area contributed by atoms with Gasteiger partial charge in [-0.2, -0.15) is 0 Å². The molecular weight excluding hydrogens is 462 g/mol. The summed E-state index contributed by atoms with van der Waals surface area (Å²) >= 11 is 0. The van der Waals surface area contributed by atoms with E-state index in [-0.39, 0.29) is 17.8 Å². The van der Waals surface area contributed by atoms with Crippen molar-refractivity contribution < 1.29 is 19.0 Å². The molecule has 2 N–H and O–H groups in total. The summed E-state index contributed by atoms with van der Waals surface area (Å²) in [6, 6.07) is 13.1. The molecule has 1 saturated heterocycles. The van der Waals surface area contributed by atoms with Crippen LogP contribution < -0.4 is 20.9 Å². The number of rotatable bonds is 5. The largest absolute Gasteiger partial charge is 0.467 e. The van der Waals surface area contributed by atoms with Crippen molar-refractivity contribution in [1.29, 1.82) is 0 Å². The predicted octanol–water partition coefficient (Wildman–Crippen LogP) is 4.07. The molecule has 2 heterocycles. The standard InChI is InChI=1S/C26H33N5O5/c1-26(2,3)36-25(33)30-14-12-18(13-15-30)17-6-9-20(10-7-17)35-22-16-19(8-11-21(22)27)31-23(34-5)28-29(4)24(31)32/h6-11,16,18H,12-15,27H2,1-5H3. The number of carbonyl (C=O) groups is 1. The van der Waals surface area contributed by atoms with Gasteiger partial charge in [-0.25, -0.2) is 18.8 Å². The maximum absolute atomic E-state index is 12.5. The fourth-order valence-electron chi connectivity index (χ4n) is 4.20. The number of nitrogens with zero attached hydrogens (tertiary/aromatic N) is 4. The number of nitrogen functional groups attached to an aromatic ring is 1. The van der Waals surface area contributed by atoms with Crippen molar-refractivity contribution in [2.24, 2.45) is 7.05 Å². The first-order valence-electron chi connectivity index (χ1n) is 11.9. The van der Waals surface area contributed by atoms with E-state index in [1.54, 1.807) is 30.1 Å². The highest BCUT2D eigenvalue weighted by Gasteiger charge is 2.27. The lowest BCUT2D eigenvalue weighted by atomic mass is 9.89. The van der Waals surface area contributed by atoms with Gasteiger partial charge >= 0.3 is 17.8 Å². The Morgan fingerprint density at radius 3 is 2.36 bits per heavy atom. The van der Waals surface area contributed by atoms with Crippen LogP contribution in [0.15, 0.2) is 47.3 Å². The summed E-state index contributed by atoms with van der Waals surface area (Å²) < 4.78 is 19.3. The van der Waals surface area contributed by atoms with Gasteiger partial charge in [-0.05, 0) is 69.4 Å². The van der Waals surface area contributed by atoms with Gasteiger partial charge in [-0.15, -0.1) is 5.10 Å². The molecule has 2 aromatic carbocycles. The van der Waals surface area contributed by atoms with Crippen LogP contribution in [0, 0.1) is 0 Å². The van der Waals surface area contributed by atoms with E-state index in [0.717, 1.165) is 12.8 Å². The summed E-state index contributed by atoms with van der Waals surface area (Å²) in [4.78, 5) is 26.6. The molecule has 4 rings (SSSR count). The molecule has 0 aliphatic carbocycles. The third-order valence-electron chi connectivity index (χ3n) is 6.06. The van der Waals surface area contributed by atoms with Crippen molar-refractivity contribution >= 4 is 11.8 Å². The minimum absolute atomic E-state index is 0.167. The average Bonchev–Trinajstić information content (AvgIpc) is 3.13. The fraction of sp³-hybridized carbons (Fsp3) is 0.423. The number of aromatic nitrogens is 3. The van der Waals surface area contributed by atoms with E-state index < -0.39 is 5.60 Å². The van der Waals surface area contributed by atoms with Crippen molar-refractivity contribution in [3.05, 3.63) is 58.5 Å². The number of anilines is 1. The molecule has 1 fully saturated rings. The molecule has 3 aromatic rings. The Morgan fingerprint density at radius 2 is 1.75 bits per heavy atom. The molecule has 192 valence electrons. The molecule has 10 heteroatoms. The predicted molar refractivity (Wildman–Crippen MR) is 136 cm³/mol. The van der Waals surface area contributed by atoms with Crippen LogP contribution in [-0.2, 0) is 11.8 Å². The lowest BCUT2D eigenvalue weighted by Crippen LogP contribution is -2.41. The van der Waals surface area contributed by atoms with Gasteiger partial charge in [0.15, 0.2) is 5.75 Å². The number of ether oxygens (including phenoxy) is 3. The summed E-state index contributed by atoms with van der Waals surface area (Å²) in [7, 11) is 3.01. The molecule has 0 bridgehead atoms. The van der Waals surface area contributed by atoms with Crippen molar-refractivity contribution in [1.82, 2.24) is 19.2 Å². The average molecular weight is 496 g/mol. The van der Waals surface area contributed by atoms with Gasteiger partial charge < -0.3 is 24.8 Å². The van der Waals surface area contributed by atoms with Gasteiger partial charge in [0, 0.05) is 26.2 Å². The van der Waals surface area contributed by atoms with E-state index in [4.69, 9.17) is 19.9 Å². The zero-order chi connectivity index (χ0) is 26.0. The number of benzene rings is 2. The number of carbonyl (C=O) groups excluding carboxylic acids is 1. The zero-order valence-electron chi connectivity index (χ0n) is 21.4. The van der Waals surface area contributed by atoms with E-state index in [1.165, 1.54) is 21.9 Å². The molecule has 0 radical (unpaired) electrons. The number of hydrogen-bond acceptors (Lipinski definition) is 7. The quantitative estimate of drug-likeness (QED) is 0.531. The Balaban J connectivity index is 1.44. The van der Waals surface area contributed by atoms with Gasteiger partial charge in [0.25, 0.3) is 0 Å². The maximum atomic E-state index is 12.5. The van der Waals surface area contributed by atoms with Crippen LogP contribution in [0.4, 0.5) is 10.5 Å². The van der Waals surface area contributed by atoms with Crippen LogP contribution in [0.25, 0.3) is 5.69 Å². The van der Waals surface area contributed by atoms with Crippen molar-refractivity contribution in [2.45, 2.75) is 45.1 Å². The van der Waals surface area contributed by atoms with Crippen LogP contribution in [0.5, 0.6) is 17.5 Å². The lowest BCUT2D eigenvalue weighted by molar-refractivity contribution is 0.0205. The second-order valence-corrected chi connectivity index (χ2v) is 9.86. The number of amides is 1. The third kappa shape index (κ3) is 5.48.